The molecule has 0 aliphatic carbocycles. The molecule has 0 unspecified atom stereocenters. The number of pyridine rings is 1. The summed E-state index contributed by atoms with van der Waals surface area (Å²) in [6, 6.07) is 3.78. The fourth-order valence-electron chi connectivity index (χ4n) is 3.11. The second-order valence-corrected chi connectivity index (χ2v) is 6.37. The number of morpholine rings is 1. The van der Waals surface area contributed by atoms with Crippen LogP contribution in [0.1, 0.15) is 31.7 Å². The van der Waals surface area contributed by atoms with Gasteiger partial charge in [-0.3, -0.25) is 4.57 Å². The van der Waals surface area contributed by atoms with Gasteiger partial charge < -0.3 is 15.0 Å². The summed E-state index contributed by atoms with van der Waals surface area (Å²) in [5.74, 6) is 1.65. The molecule has 3 rings (SSSR count). The lowest BCUT2D eigenvalue weighted by Crippen LogP contribution is -2.52. The number of carbonyl (C=O) groups is 1. The number of nitrogens with one attached hydrogen (secondary N) is 1. The van der Waals surface area contributed by atoms with E-state index in [1.165, 1.54) is 0 Å². The third-order valence-electron chi connectivity index (χ3n) is 4.42. The summed E-state index contributed by atoms with van der Waals surface area (Å²) < 4.78 is 7.74. The van der Waals surface area contributed by atoms with E-state index in [9.17, 15) is 4.79 Å². The molecule has 1 saturated heterocycles. The molecule has 0 saturated carbocycles. The Bertz CT molecular complexity index is 730. The molecule has 134 valence electrons. The first-order valence-electron chi connectivity index (χ1n) is 8.71. The summed E-state index contributed by atoms with van der Waals surface area (Å²) in [6.45, 7) is 7.67. The number of carbonyl (C=O) groups excluding carboxylic acids is 1. The Kier molecular flexibility index (Phi) is 5.33. The lowest BCUT2D eigenvalue weighted by atomic mass is 10.2. The second-order valence-electron chi connectivity index (χ2n) is 6.37. The highest BCUT2D eigenvalue weighted by atomic mass is 16.5. The van der Waals surface area contributed by atoms with E-state index in [1.807, 2.05) is 41.6 Å². The molecule has 7 heteroatoms. The highest BCUT2D eigenvalue weighted by molar-refractivity contribution is 5.74. The number of aromatic nitrogens is 3. The number of imidazole rings is 1. The molecule has 1 aliphatic rings. The van der Waals surface area contributed by atoms with Gasteiger partial charge >= 0.3 is 6.03 Å². The van der Waals surface area contributed by atoms with Crippen molar-refractivity contribution < 1.29 is 9.53 Å². The maximum absolute atomic E-state index is 12.6. The van der Waals surface area contributed by atoms with Gasteiger partial charge in [-0.1, -0.05) is 13.0 Å². The average molecular weight is 343 g/mol. The van der Waals surface area contributed by atoms with Crippen LogP contribution in [0, 0.1) is 6.92 Å². The van der Waals surface area contributed by atoms with E-state index in [2.05, 4.69) is 22.2 Å². The first-order chi connectivity index (χ1) is 12.1. The van der Waals surface area contributed by atoms with Crippen LogP contribution in [0.4, 0.5) is 4.79 Å². The first-order valence-corrected chi connectivity index (χ1v) is 8.71. The van der Waals surface area contributed by atoms with Crippen LogP contribution in [0.2, 0.25) is 0 Å². The van der Waals surface area contributed by atoms with Crippen LogP contribution in [0.3, 0.4) is 0 Å². The number of urea groups is 1. The van der Waals surface area contributed by atoms with Gasteiger partial charge in [0.25, 0.3) is 0 Å². The Balaban J connectivity index is 1.68. The minimum Gasteiger partial charge on any atom is -0.372 e. The predicted octanol–water partition coefficient (Wildman–Crippen LogP) is 2.28. The van der Waals surface area contributed by atoms with Gasteiger partial charge in [-0.05, 0) is 26.3 Å². The lowest BCUT2D eigenvalue weighted by Gasteiger charge is -2.36. The highest BCUT2D eigenvalue weighted by Gasteiger charge is 2.27. The van der Waals surface area contributed by atoms with Crippen molar-refractivity contribution in [2.45, 2.75) is 45.9 Å². The van der Waals surface area contributed by atoms with Crippen molar-refractivity contribution in [3.8, 4) is 5.82 Å². The molecule has 0 bridgehead atoms. The standard InChI is InChI=1S/C18H25N5O2/c1-4-16-12-22(11-13(2)25-16)18(24)21-10-15-6-5-7-20-17(15)23-9-8-19-14(23)3/h5-9,13,16H,4,10-12H2,1-3H3,(H,21,24)/t13-,16+/m0/s1. The molecule has 1 N–H and O–H groups in total. The van der Waals surface area contributed by atoms with Crippen molar-refractivity contribution in [2.24, 2.45) is 0 Å². The summed E-state index contributed by atoms with van der Waals surface area (Å²) in [4.78, 5) is 23.1. The first kappa shape index (κ1) is 17.4. The molecule has 2 aromatic heterocycles. The number of hydrogen-bond acceptors (Lipinski definition) is 4. The lowest BCUT2D eigenvalue weighted by molar-refractivity contribution is -0.0646. The summed E-state index contributed by atoms with van der Waals surface area (Å²) in [7, 11) is 0. The zero-order chi connectivity index (χ0) is 17.8. The van der Waals surface area contributed by atoms with Gasteiger partial charge in [0.05, 0.1) is 12.2 Å². The molecule has 0 radical (unpaired) electrons. The Morgan fingerprint density at radius 1 is 1.36 bits per heavy atom. The topological polar surface area (TPSA) is 72.3 Å². The van der Waals surface area contributed by atoms with E-state index in [1.54, 1.807) is 12.4 Å². The zero-order valence-electron chi connectivity index (χ0n) is 15.0. The average Bonchev–Trinajstić information content (AvgIpc) is 3.05. The van der Waals surface area contributed by atoms with Crippen LogP contribution < -0.4 is 5.32 Å². The molecular formula is C18H25N5O2. The number of rotatable bonds is 4. The van der Waals surface area contributed by atoms with Gasteiger partial charge in [0.15, 0.2) is 0 Å². The SMILES string of the molecule is CC[C@@H]1CN(C(=O)NCc2cccnc2-n2ccnc2C)C[C@H](C)O1. The van der Waals surface area contributed by atoms with Crippen LogP contribution in [0.5, 0.6) is 0 Å². The third-order valence-corrected chi connectivity index (χ3v) is 4.42. The second kappa shape index (κ2) is 7.65. The van der Waals surface area contributed by atoms with Crippen LogP contribution >= 0.6 is 0 Å². The predicted molar refractivity (Wildman–Crippen MR) is 94.5 cm³/mol. The molecule has 2 amide bonds. The molecule has 1 fully saturated rings. The van der Waals surface area contributed by atoms with E-state index >= 15 is 0 Å². The van der Waals surface area contributed by atoms with Crippen molar-refractivity contribution in [2.75, 3.05) is 13.1 Å². The summed E-state index contributed by atoms with van der Waals surface area (Å²) in [5, 5.41) is 3.01. The van der Waals surface area contributed by atoms with Crippen LogP contribution in [-0.2, 0) is 11.3 Å². The van der Waals surface area contributed by atoms with Gasteiger partial charge in [0.1, 0.15) is 11.6 Å². The van der Waals surface area contributed by atoms with Gasteiger partial charge in [-0.25, -0.2) is 14.8 Å². The minimum atomic E-state index is -0.0641. The maximum atomic E-state index is 12.6. The van der Waals surface area contributed by atoms with Gasteiger partial charge in [-0.15, -0.1) is 0 Å². The molecule has 2 atom stereocenters. The molecule has 1 aliphatic heterocycles. The normalized spacial score (nSPS) is 20.5. The minimum absolute atomic E-state index is 0.0620. The van der Waals surface area contributed by atoms with Gasteiger partial charge in [0, 0.05) is 43.8 Å². The van der Waals surface area contributed by atoms with Crippen molar-refractivity contribution in [3.63, 3.8) is 0 Å². The molecule has 2 aromatic rings. The van der Waals surface area contributed by atoms with Crippen LogP contribution in [0.15, 0.2) is 30.7 Å². The van der Waals surface area contributed by atoms with E-state index in [-0.39, 0.29) is 18.2 Å². The molecular weight excluding hydrogens is 318 g/mol. The molecule has 0 spiro atoms. The number of amides is 2. The highest BCUT2D eigenvalue weighted by Crippen LogP contribution is 2.15. The quantitative estimate of drug-likeness (QED) is 0.924. The van der Waals surface area contributed by atoms with E-state index in [0.717, 1.165) is 23.6 Å². The Labute approximate surface area is 148 Å². The number of hydrogen-bond donors (Lipinski definition) is 1. The molecule has 7 nitrogen and oxygen atoms in total. The summed E-state index contributed by atoms with van der Waals surface area (Å²) >= 11 is 0. The van der Waals surface area contributed by atoms with Gasteiger partial charge in [-0.2, -0.15) is 0 Å². The number of aryl methyl sites for hydroxylation is 1. The Hall–Kier alpha value is -2.41. The monoisotopic (exact) mass is 343 g/mol. The van der Waals surface area contributed by atoms with Crippen molar-refractivity contribution >= 4 is 6.03 Å². The van der Waals surface area contributed by atoms with E-state index in [4.69, 9.17) is 4.74 Å². The van der Waals surface area contributed by atoms with E-state index in [0.29, 0.717) is 19.6 Å². The fourth-order valence-corrected chi connectivity index (χ4v) is 3.11. The van der Waals surface area contributed by atoms with Crippen LogP contribution in [-0.4, -0.2) is 50.8 Å². The van der Waals surface area contributed by atoms with Crippen LogP contribution in [0.25, 0.3) is 5.82 Å². The molecule has 3 heterocycles. The Morgan fingerprint density at radius 2 is 2.20 bits per heavy atom. The zero-order valence-corrected chi connectivity index (χ0v) is 15.0. The fraction of sp³-hybridized carbons (Fsp3) is 0.500. The van der Waals surface area contributed by atoms with Crippen molar-refractivity contribution in [1.82, 2.24) is 24.8 Å². The molecule has 25 heavy (non-hydrogen) atoms. The summed E-state index contributed by atoms with van der Waals surface area (Å²) in [6.07, 6.45) is 6.44. The number of ether oxygens (including phenoxy) is 1. The third kappa shape index (κ3) is 3.99. The maximum Gasteiger partial charge on any atom is 0.317 e. The number of nitrogens with zero attached hydrogens (tertiary/aromatic N) is 4. The van der Waals surface area contributed by atoms with Crippen molar-refractivity contribution in [1.29, 1.82) is 0 Å². The smallest absolute Gasteiger partial charge is 0.317 e. The molecule has 0 aromatic carbocycles. The van der Waals surface area contributed by atoms with E-state index < -0.39 is 0 Å². The Morgan fingerprint density at radius 3 is 2.92 bits per heavy atom. The van der Waals surface area contributed by atoms with Gasteiger partial charge in [0.2, 0.25) is 0 Å². The largest absolute Gasteiger partial charge is 0.372 e. The van der Waals surface area contributed by atoms with Crippen molar-refractivity contribution in [3.05, 3.63) is 42.1 Å². The summed E-state index contributed by atoms with van der Waals surface area (Å²) in [5.41, 5.74) is 0.949.